The molecular formula is C14H22N2O. The molecule has 0 fully saturated rings. The third-order valence-electron chi connectivity index (χ3n) is 2.87. The molecule has 0 saturated carbocycles. The van der Waals surface area contributed by atoms with E-state index in [1.807, 2.05) is 30.3 Å². The molecule has 0 aliphatic carbocycles. The van der Waals surface area contributed by atoms with Gasteiger partial charge in [-0.2, -0.15) is 0 Å². The van der Waals surface area contributed by atoms with Crippen LogP contribution in [0.15, 0.2) is 37.1 Å². The predicted molar refractivity (Wildman–Crippen MR) is 71.5 cm³/mol. The zero-order valence-electron chi connectivity index (χ0n) is 10.8. The number of carbonyl (C=O) groups is 1. The van der Waals surface area contributed by atoms with Crippen LogP contribution < -0.4 is 0 Å². The van der Waals surface area contributed by atoms with Gasteiger partial charge in [0.15, 0.2) is 0 Å². The molecule has 0 aromatic rings. The van der Waals surface area contributed by atoms with Crippen LogP contribution in [0.1, 0.15) is 19.8 Å². The van der Waals surface area contributed by atoms with Gasteiger partial charge in [-0.05, 0) is 18.7 Å². The Kier molecular flexibility index (Phi) is 5.53. The molecule has 0 N–H and O–H groups in total. The Bertz CT molecular complexity index is 320. The Hall–Kier alpha value is -1.51. The van der Waals surface area contributed by atoms with Crippen molar-refractivity contribution in [3.05, 3.63) is 37.1 Å². The van der Waals surface area contributed by atoms with Gasteiger partial charge in [-0.15, -0.1) is 6.58 Å². The lowest BCUT2D eigenvalue weighted by Crippen LogP contribution is -2.37. The first kappa shape index (κ1) is 13.6. The first-order valence-electron chi connectivity index (χ1n) is 6.14. The molecule has 1 aliphatic heterocycles. The molecule has 1 rings (SSSR count). The molecule has 0 aromatic heterocycles. The van der Waals surface area contributed by atoms with Crippen LogP contribution in [0, 0.1) is 0 Å². The largest absolute Gasteiger partial charge is 0.373 e. The number of likely N-dealkylation sites (N-methyl/N-ethyl adjacent to an activating group) is 1. The van der Waals surface area contributed by atoms with Crippen LogP contribution in [-0.2, 0) is 4.79 Å². The number of hydrogen-bond donors (Lipinski definition) is 0. The Morgan fingerprint density at radius 1 is 1.53 bits per heavy atom. The first-order chi connectivity index (χ1) is 8.19. The van der Waals surface area contributed by atoms with E-state index in [2.05, 4.69) is 24.5 Å². The van der Waals surface area contributed by atoms with Crippen LogP contribution in [0.4, 0.5) is 0 Å². The minimum Gasteiger partial charge on any atom is -0.373 e. The van der Waals surface area contributed by atoms with E-state index in [1.165, 1.54) is 0 Å². The van der Waals surface area contributed by atoms with E-state index in [-0.39, 0.29) is 11.9 Å². The smallest absolute Gasteiger partial charge is 0.225 e. The molecule has 3 nitrogen and oxygen atoms in total. The highest BCUT2D eigenvalue weighted by molar-refractivity contribution is 5.77. The van der Waals surface area contributed by atoms with Crippen molar-refractivity contribution in [1.82, 2.24) is 9.80 Å². The molecule has 0 bridgehead atoms. The number of nitrogens with zero attached hydrogens (tertiary/aromatic N) is 2. The predicted octanol–water partition coefficient (Wildman–Crippen LogP) is 2.19. The van der Waals surface area contributed by atoms with E-state index >= 15 is 0 Å². The number of rotatable bonds is 6. The normalized spacial score (nSPS) is 18.2. The summed E-state index contributed by atoms with van der Waals surface area (Å²) in [4.78, 5) is 16.1. The Balaban J connectivity index is 2.53. The Morgan fingerprint density at radius 2 is 2.29 bits per heavy atom. The summed E-state index contributed by atoms with van der Waals surface area (Å²) >= 11 is 0. The summed E-state index contributed by atoms with van der Waals surface area (Å²) in [6.45, 7) is 7.23. The van der Waals surface area contributed by atoms with E-state index in [9.17, 15) is 4.79 Å². The molecule has 1 aliphatic rings. The van der Waals surface area contributed by atoms with Crippen LogP contribution in [0.25, 0.3) is 0 Å². The summed E-state index contributed by atoms with van der Waals surface area (Å²) in [5.41, 5.74) is 0. The molecule has 1 heterocycles. The topological polar surface area (TPSA) is 23.6 Å². The standard InChI is InChI=1S/C14H22N2O/c1-4-9-16(10-5-2)14(17)12-13-8-6-7-11-15(13)3/h4,6-8,11,13H,1,5,9-10,12H2,2-3H3. The molecule has 0 radical (unpaired) electrons. The number of allylic oxidation sites excluding steroid dienone is 2. The minimum atomic E-state index is 0.177. The SMILES string of the molecule is C=CCN(CCC)C(=O)CC1C=CC=CN1C. The highest BCUT2D eigenvalue weighted by Gasteiger charge is 2.18. The minimum absolute atomic E-state index is 0.177. The Labute approximate surface area is 104 Å². The quantitative estimate of drug-likeness (QED) is 0.658. The first-order valence-corrected chi connectivity index (χ1v) is 6.14. The van der Waals surface area contributed by atoms with Crippen molar-refractivity contribution in [2.45, 2.75) is 25.8 Å². The molecular weight excluding hydrogens is 212 g/mol. The maximum atomic E-state index is 12.1. The van der Waals surface area contributed by atoms with Gasteiger partial charge in [0.25, 0.3) is 0 Å². The van der Waals surface area contributed by atoms with Gasteiger partial charge in [-0.1, -0.05) is 25.2 Å². The molecule has 0 spiro atoms. The summed E-state index contributed by atoms with van der Waals surface area (Å²) < 4.78 is 0. The summed E-state index contributed by atoms with van der Waals surface area (Å²) in [5.74, 6) is 0.198. The number of hydrogen-bond acceptors (Lipinski definition) is 2. The third kappa shape index (κ3) is 4.10. The molecule has 1 amide bonds. The van der Waals surface area contributed by atoms with Crippen molar-refractivity contribution in [2.75, 3.05) is 20.1 Å². The fraction of sp³-hybridized carbons (Fsp3) is 0.500. The van der Waals surface area contributed by atoms with Gasteiger partial charge in [0.2, 0.25) is 5.91 Å². The van der Waals surface area contributed by atoms with E-state index in [0.717, 1.165) is 13.0 Å². The van der Waals surface area contributed by atoms with Gasteiger partial charge in [-0.25, -0.2) is 0 Å². The van der Waals surface area contributed by atoms with Crippen molar-refractivity contribution in [1.29, 1.82) is 0 Å². The second-order valence-electron chi connectivity index (χ2n) is 4.29. The van der Waals surface area contributed by atoms with Crippen molar-refractivity contribution < 1.29 is 4.79 Å². The van der Waals surface area contributed by atoms with E-state index < -0.39 is 0 Å². The molecule has 1 atom stereocenters. The summed E-state index contributed by atoms with van der Waals surface area (Å²) in [5, 5.41) is 0. The molecule has 1 unspecified atom stereocenters. The van der Waals surface area contributed by atoms with E-state index in [1.54, 1.807) is 6.08 Å². The van der Waals surface area contributed by atoms with Gasteiger partial charge in [0.1, 0.15) is 0 Å². The zero-order valence-corrected chi connectivity index (χ0v) is 10.8. The van der Waals surface area contributed by atoms with Crippen molar-refractivity contribution in [3.8, 4) is 0 Å². The van der Waals surface area contributed by atoms with Gasteiger partial charge in [0.05, 0.1) is 12.5 Å². The number of amides is 1. The van der Waals surface area contributed by atoms with Crippen molar-refractivity contribution >= 4 is 5.91 Å². The van der Waals surface area contributed by atoms with Crippen LogP contribution in [-0.4, -0.2) is 41.9 Å². The van der Waals surface area contributed by atoms with Gasteiger partial charge < -0.3 is 9.80 Å². The molecule has 0 saturated heterocycles. The highest BCUT2D eigenvalue weighted by atomic mass is 16.2. The van der Waals surface area contributed by atoms with Gasteiger partial charge >= 0.3 is 0 Å². The summed E-state index contributed by atoms with van der Waals surface area (Å²) in [6.07, 6.45) is 11.3. The molecule has 17 heavy (non-hydrogen) atoms. The van der Waals surface area contributed by atoms with Crippen molar-refractivity contribution in [2.24, 2.45) is 0 Å². The van der Waals surface area contributed by atoms with E-state index in [4.69, 9.17) is 0 Å². The summed E-state index contributed by atoms with van der Waals surface area (Å²) in [6, 6.07) is 0.177. The van der Waals surface area contributed by atoms with E-state index in [0.29, 0.717) is 13.0 Å². The maximum Gasteiger partial charge on any atom is 0.225 e. The maximum absolute atomic E-state index is 12.1. The van der Waals surface area contributed by atoms with Crippen LogP contribution in [0.3, 0.4) is 0 Å². The Morgan fingerprint density at radius 3 is 2.88 bits per heavy atom. The molecule has 3 heteroatoms. The average molecular weight is 234 g/mol. The van der Waals surface area contributed by atoms with Crippen LogP contribution in [0.5, 0.6) is 0 Å². The van der Waals surface area contributed by atoms with Gasteiger partial charge in [-0.3, -0.25) is 4.79 Å². The fourth-order valence-electron chi connectivity index (χ4n) is 1.89. The van der Waals surface area contributed by atoms with Crippen molar-refractivity contribution in [3.63, 3.8) is 0 Å². The number of carbonyl (C=O) groups excluding carboxylic acids is 1. The molecule has 0 aromatic carbocycles. The second kappa shape index (κ2) is 6.94. The lowest BCUT2D eigenvalue weighted by atomic mass is 10.1. The third-order valence-corrected chi connectivity index (χ3v) is 2.87. The zero-order chi connectivity index (χ0) is 12.7. The monoisotopic (exact) mass is 234 g/mol. The highest BCUT2D eigenvalue weighted by Crippen LogP contribution is 2.11. The molecule has 94 valence electrons. The van der Waals surface area contributed by atoms with Crippen LogP contribution >= 0.6 is 0 Å². The fourth-order valence-corrected chi connectivity index (χ4v) is 1.89. The average Bonchev–Trinajstić information content (AvgIpc) is 2.32. The lowest BCUT2D eigenvalue weighted by molar-refractivity contribution is -0.131. The van der Waals surface area contributed by atoms with Gasteiger partial charge in [0, 0.05) is 20.1 Å². The summed E-state index contributed by atoms with van der Waals surface area (Å²) in [7, 11) is 2.00. The lowest BCUT2D eigenvalue weighted by Gasteiger charge is -2.28. The second-order valence-corrected chi connectivity index (χ2v) is 4.29. The van der Waals surface area contributed by atoms with Crippen LogP contribution in [0.2, 0.25) is 0 Å².